The molecule has 14 heavy (non-hydrogen) atoms. The van der Waals surface area contributed by atoms with Crippen molar-refractivity contribution in [1.29, 1.82) is 0 Å². The molecule has 0 saturated carbocycles. The number of ether oxygens (including phenoxy) is 1. The van der Waals surface area contributed by atoms with Crippen molar-refractivity contribution < 1.29 is 18.7 Å². The molecule has 0 aromatic carbocycles. The maximum Gasteiger partial charge on any atom is 0.300 e. The van der Waals surface area contributed by atoms with Gasteiger partial charge in [0.15, 0.2) is 5.76 Å². The zero-order valence-electron chi connectivity index (χ0n) is 7.44. The van der Waals surface area contributed by atoms with E-state index in [9.17, 15) is 9.59 Å². The van der Waals surface area contributed by atoms with Crippen molar-refractivity contribution >= 4 is 12.3 Å². The van der Waals surface area contributed by atoms with Crippen LogP contribution in [0.15, 0.2) is 16.5 Å². The number of carbonyl (C=O) groups is 2. The lowest BCUT2D eigenvalue weighted by molar-refractivity contribution is -0.121. The predicted molar refractivity (Wildman–Crippen MR) is 51.3 cm³/mol. The summed E-state index contributed by atoms with van der Waals surface area (Å²) in [6.07, 6.45) is 0. The van der Waals surface area contributed by atoms with Gasteiger partial charge in [-0.15, -0.1) is 0 Å². The van der Waals surface area contributed by atoms with E-state index in [1.807, 2.05) is 0 Å². The third-order valence-corrected chi connectivity index (χ3v) is 1.51. The van der Waals surface area contributed by atoms with E-state index < -0.39 is 0 Å². The smallest absolute Gasteiger partial charge is 0.300 e. The first-order valence-corrected chi connectivity index (χ1v) is 3.89. The van der Waals surface area contributed by atoms with E-state index in [1.165, 1.54) is 12.1 Å². The summed E-state index contributed by atoms with van der Waals surface area (Å²) in [4.78, 5) is 21.2. The van der Waals surface area contributed by atoms with Gasteiger partial charge >= 0.3 is 6.47 Å². The predicted octanol–water partition coefficient (Wildman–Crippen LogP) is 2.29. The van der Waals surface area contributed by atoms with E-state index in [0.29, 0.717) is 0 Å². The molecule has 0 atom stereocenters. The second kappa shape index (κ2) is 5.21. The Labute approximate surface area is 82.9 Å². The highest BCUT2D eigenvalue weighted by Gasteiger charge is 2.14. The minimum Gasteiger partial charge on any atom is -0.422 e. The molecule has 78 valence electrons. The zero-order chi connectivity index (χ0) is 9.84. The maximum atomic E-state index is 11.3. The van der Waals surface area contributed by atoms with E-state index in [4.69, 9.17) is 4.42 Å². The van der Waals surface area contributed by atoms with E-state index >= 15 is 0 Å². The molecule has 1 aromatic heterocycles. The first kappa shape index (κ1) is 12.4. The van der Waals surface area contributed by atoms with Crippen molar-refractivity contribution in [1.82, 2.24) is 0 Å². The Bertz CT molecular complexity index is 312. The highest BCUT2D eigenvalue weighted by atomic mass is 16.6. The van der Waals surface area contributed by atoms with Crippen molar-refractivity contribution in [2.45, 2.75) is 21.3 Å². The number of carbonyl (C=O) groups excluding carboxylic acids is 2. The number of furan rings is 1. The third-order valence-electron chi connectivity index (χ3n) is 1.51. The first-order chi connectivity index (χ1) is 6.15. The second-order valence-corrected chi connectivity index (χ2v) is 2.85. The Morgan fingerprint density at radius 2 is 2.14 bits per heavy atom. The molecule has 0 amide bonds. The van der Waals surface area contributed by atoms with Gasteiger partial charge in [-0.25, -0.2) is 0 Å². The fourth-order valence-corrected chi connectivity index (χ4v) is 0.848. The van der Waals surface area contributed by atoms with Gasteiger partial charge in [0.1, 0.15) is 0 Å². The molecule has 0 spiro atoms. The van der Waals surface area contributed by atoms with Crippen LogP contribution in [0.25, 0.3) is 0 Å². The summed E-state index contributed by atoms with van der Waals surface area (Å²) in [5.41, 5.74) is 0. The molecule has 4 nitrogen and oxygen atoms in total. The molecule has 0 aliphatic rings. The summed E-state index contributed by atoms with van der Waals surface area (Å²) in [6.45, 7) is 3.79. The normalized spacial score (nSPS) is 9.36. The van der Waals surface area contributed by atoms with E-state index in [2.05, 4.69) is 4.74 Å². The lowest BCUT2D eigenvalue weighted by Gasteiger charge is -1.98. The van der Waals surface area contributed by atoms with Gasteiger partial charge in [0.25, 0.3) is 5.95 Å². The average molecular weight is 198 g/mol. The number of hydrogen-bond donors (Lipinski definition) is 0. The van der Waals surface area contributed by atoms with E-state index in [-0.39, 0.29) is 37.3 Å². The standard InChI is InChI=1S/C9H10O4.CH4/c1-6(2)9(11)7-3-4-8(13-7)12-5-10;/h3-6H,1-2H3;1H4. The fourth-order valence-electron chi connectivity index (χ4n) is 0.848. The van der Waals surface area contributed by atoms with Crippen LogP contribution in [0.1, 0.15) is 31.8 Å². The largest absolute Gasteiger partial charge is 0.422 e. The Morgan fingerprint density at radius 3 is 2.64 bits per heavy atom. The average Bonchev–Trinajstić information content (AvgIpc) is 2.52. The molecular formula is C10H14O4. The highest BCUT2D eigenvalue weighted by molar-refractivity contribution is 5.94. The van der Waals surface area contributed by atoms with Gasteiger partial charge < -0.3 is 9.15 Å². The summed E-state index contributed by atoms with van der Waals surface area (Å²) < 4.78 is 9.36. The van der Waals surface area contributed by atoms with E-state index in [1.54, 1.807) is 13.8 Å². The Balaban J connectivity index is 0.00000169. The zero-order valence-corrected chi connectivity index (χ0v) is 7.44. The first-order valence-electron chi connectivity index (χ1n) is 3.89. The van der Waals surface area contributed by atoms with Gasteiger partial charge in [0, 0.05) is 12.0 Å². The van der Waals surface area contributed by atoms with Crippen molar-refractivity contribution in [3.63, 3.8) is 0 Å². The van der Waals surface area contributed by atoms with E-state index in [0.717, 1.165) is 0 Å². The van der Waals surface area contributed by atoms with Gasteiger partial charge in [0.05, 0.1) is 0 Å². The summed E-state index contributed by atoms with van der Waals surface area (Å²) in [5, 5.41) is 0. The Kier molecular flexibility index (Phi) is 4.63. The van der Waals surface area contributed by atoms with Gasteiger partial charge in [-0.3, -0.25) is 9.59 Å². The van der Waals surface area contributed by atoms with Gasteiger partial charge in [-0.05, 0) is 6.07 Å². The van der Waals surface area contributed by atoms with Crippen molar-refractivity contribution in [2.24, 2.45) is 5.92 Å². The molecule has 0 bridgehead atoms. The number of hydrogen-bond acceptors (Lipinski definition) is 4. The summed E-state index contributed by atoms with van der Waals surface area (Å²) in [7, 11) is 0. The van der Waals surface area contributed by atoms with Gasteiger partial charge in [0.2, 0.25) is 5.78 Å². The molecule has 0 aliphatic carbocycles. The highest BCUT2D eigenvalue weighted by Crippen LogP contribution is 2.17. The molecule has 4 heteroatoms. The van der Waals surface area contributed by atoms with Crippen LogP contribution in [0.2, 0.25) is 0 Å². The van der Waals surface area contributed by atoms with Gasteiger partial charge in [-0.1, -0.05) is 21.3 Å². The number of rotatable bonds is 4. The van der Waals surface area contributed by atoms with Crippen LogP contribution in [0.4, 0.5) is 0 Å². The SMILES string of the molecule is C.CC(C)C(=O)c1ccc(OC=O)o1. The molecule has 0 aliphatic heterocycles. The van der Waals surface area contributed by atoms with Crippen LogP contribution >= 0.6 is 0 Å². The quantitative estimate of drug-likeness (QED) is 0.550. The minimum atomic E-state index is -0.129. The molecular weight excluding hydrogens is 184 g/mol. The lowest BCUT2D eigenvalue weighted by Crippen LogP contribution is -2.05. The molecule has 0 N–H and O–H groups in total. The monoisotopic (exact) mass is 198 g/mol. The second-order valence-electron chi connectivity index (χ2n) is 2.85. The van der Waals surface area contributed by atoms with Crippen molar-refractivity contribution in [2.75, 3.05) is 0 Å². The number of Topliss-reactive ketones (excluding diaryl/α,β-unsaturated/α-hetero) is 1. The Morgan fingerprint density at radius 1 is 1.50 bits per heavy atom. The molecule has 0 radical (unpaired) electrons. The Hall–Kier alpha value is -1.58. The molecule has 0 fully saturated rings. The van der Waals surface area contributed by atoms with Crippen LogP contribution in [-0.4, -0.2) is 12.3 Å². The summed E-state index contributed by atoms with van der Waals surface area (Å²) >= 11 is 0. The topological polar surface area (TPSA) is 56.5 Å². The lowest BCUT2D eigenvalue weighted by atomic mass is 10.1. The molecule has 1 rings (SSSR count). The van der Waals surface area contributed by atoms with Crippen molar-refractivity contribution in [3.05, 3.63) is 17.9 Å². The molecule has 1 heterocycles. The van der Waals surface area contributed by atoms with Crippen LogP contribution in [0.5, 0.6) is 5.95 Å². The summed E-state index contributed by atoms with van der Waals surface area (Å²) in [5.74, 6) is 0.0156. The van der Waals surface area contributed by atoms with Gasteiger partial charge in [-0.2, -0.15) is 0 Å². The maximum absolute atomic E-state index is 11.3. The number of ketones is 1. The molecule has 1 aromatic rings. The fraction of sp³-hybridized carbons (Fsp3) is 0.400. The molecule has 0 saturated heterocycles. The van der Waals surface area contributed by atoms with Crippen molar-refractivity contribution in [3.8, 4) is 5.95 Å². The van der Waals surface area contributed by atoms with Crippen LogP contribution in [0.3, 0.4) is 0 Å². The third kappa shape index (κ3) is 2.73. The molecule has 0 unspecified atom stereocenters. The van der Waals surface area contributed by atoms with Crippen LogP contribution in [0, 0.1) is 5.92 Å². The van der Waals surface area contributed by atoms with Crippen LogP contribution < -0.4 is 4.74 Å². The van der Waals surface area contributed by atoms with Crippen LogP contribution in [-0.2, 0) is 4.79 Å². The minimum absolute atomic E-state index is 0. The summed E-state index contributed by atoms with van der Waals surface area (Å²) in [6, 6.07) is 2.92.